The molecule has 0 aliphatic carbocycles. The fourth-order valence-corrected chi connectivity index (χ4v) is 4.56. The van der Waals surface area contributed by atoms with Gasteiger partial charge in [0.2, 0.25) is 0 Å². The van der Waals surface area contributed by atoms with Crippen LogP contribution in [0.2, 0.25) is 0 Å². The smallest absolute Gasteiger partial charge is 0.0451 e. The van der Waals surface area contributed by atoms with Crippen molar-refractivity contribution in [3.05, 3.63) is 52.2 Å². The van der Waals surface area contributed by atoms with Gasteiger partial charge in [-0.25, -0.2) is 0 Å². The Hall–Kier alpha value is -1.12. The van der Waals surface area contributed by atoms with Crippen LogP contribution < -0.4 is 0 Å². The molecule has 118 valence electrons. The highest BCUT2D eigenvalue weighted by Gasteiger charge is 2.12. The molecule has 0 aliphatic heterocycles. The Bertz CT molecular complexity index is 612. The molecule has 2 heteroatoms. The van der Waals surface area contributed by atoms with E-state index >= 15 is 0 Å². The molecule has 0 bridgehead atoms. The molecule has 0 atom stereocenters. The zero-order valence-electron chi connectivity index (χ0n) is 13.9. The van der Waals surface area contributed by atoms with Gasteiger partial charge in [0.1, 0.15) is 0 Å². The van der Waals surface area contributed by atoms with Crippen LogP contribution in [-0.2, 0) is 6.42 Å². The molecule has 0 radical (unpaired) electrons. The molecular formula is C20H26S2. The lowest BCUT2D eigenvalue weighted by atomic mass is 10.0. The summed E-state index contributed by atoms with van der Waals surface area (Å²) in [7, 11) is 0. The van der Waals surface area contributed by atoms with E-state index in [1.165, 1.54) is 57.9 Å². The average Bonchev–Trinajstić information content (AvgIpc) is 3.18. The minimum Gasteiger partial charge on any atom is -0.143 e. The molecule has 0 fully saturated rings. The van der Waals surface area contributed by atoms with Crippen molar-refractivity contribution in [1.82, 2.24) is 0 Å². The standard InChI is InChI=1S/C20H26S2/c1-4-6-8-9-12-17-15-19(18-13-10-14-21-18)22-20(17)16(3)11-7-5-2/h5,7,10-11,13-15H,4,6,8-9,12H2,1-3H3/b7-5-,16-11+. The lowest BCUT2D eigenvalue weighted by Crippen LogP contribution is -1.87. The van der Waals surface area contributed by atoms with Gasteiger partial charge < -0.3 is 0 Å². The first kappa shape index (κ1) is 17.2. The molecular weight excluding hydrogens is 304 g/mol. The zero-order valence-corrected chi connectivity index (χ0v) is 15.5. The Morgan fingerprint density at radius 3 is 2.73 bits per heavy atom. The topological polar surface area (TPSA) is 0 Å². The van der Waals surface area contributed by atoms with Crippen molar-refractivity contribution < 1.29 is 0 Å². The second kappa shape index (κ2) is 9.12. The van der Waals surface area contributed by atoms with E-state index in [0.717, 1.165) is 0 Å². The summed E-state index contributed by atoms with van der Waals surface area (Å²) in [6.45, 7) is 6.58. The number of allylic oxidation sites excluding steroid dienone is 4. The number of thiophene rings is 2. The van der Waals surface area contributed by atoms with E-state index < -0.39 is 0 Å². The van der Waals surface area contributed by atoms with Crippen LogP contribution in [0.5, 0.6) is 0 Å². The maximum atomic E-state index is 2.42. The van der Waals surface area contributed by atoms with Gasteiger partial charge in [-0.3, -0.25) is 0 Å². The van der Waals surface area contributed by atoms with E-state index in [2.05, 4.69) is 62.6 Å². The highest BCUT2D eigenvalue weighted by atomic mass is 32.1. The predicted octanol–water partition coefficient (Wildman–Crippen LogP) is 7.58. The van der Waals surface area contributed by atoms with E-state index in [9.17, 15) is 0 Å². The van der Waals surface area contributed by atoms with Crippen LogP contribution in [0.25, 0.3) is 15.3 Å². The minimum atomic E-state index is 1.21. The van der Waals surface area contributed by atoms with E-state index in [-0.39, 0.29) is 0 Å². The molecule has 0 saturated heterocycles. The zero-order chi connectivity index (χ0) is 15.8. The first-order valence-corrected chi connectivity index (χ1v) is 9.92. The summed E-state index contributed by atoms with van der Waals surface area (Å²) in [4.78, 5) is 4.28. The van der Waals surface area contributed by atoms with Crippen LogP contribution in [0.1, 0.15) is 56.9 Å². The third kappa shape index (κ3) is 4.69. The number of aryl methyl sites for hydroxylation is 1. The summed E-state index contributed by atoms with van der Waals surface area (Å²) in [5.41, 5.74) is 2.92. The molecule has 22 heavy (non-hydrogen) atoms. The number of rotatable bonds is 8. The summed E-state index contributed by atoms with van der Waals surface area (Å²) in [6, 6.07) is 6.79. The Morgan fingerprint density at radius 1 is 1.18 bits per heavy atom. The van der Waals surface area contributed by atoms with Crippen LogP contribution in [0.3, 0.4) is 0 Å². The fourth-order valence-electron chi connectivity index (χ4n) is 2.55. The lowest BCUT2D eigenvalue weighted by molar-refractivity contribution is 0.667. The summed E-state index contributed by atoms with van der Waals surface area (Å²) in [5, 5.41) is 2.16. The fraction of sp³-hybridized carbons (Fsp3) is 0.400. The molecule has 0 unspecified atom stereocenters. The Kier molecular flexibility index (Phi) is 7.14. The van der Waals surface area contributed by atoms with Gasteiger partial charge in [-0.15, -0.1) is 22.7 Å². The molecule has 0 saturated carbocycles. The largest absolute Gasteiger partial charge is 0.143 e. The minimum absolute atomic E-state index is 1.21. The van der Waals surface area contributed by atoms with Crippen molar-refractivity contribution in [2.45, 2.75) is 52.9 Å². The normalized spacial score (nSPS) is 12.4. The number of unbranched alkanes of at least 4 members (excludes halogenated alkanes) is 3. The van der Waals surface area contributed by atoms with Gasteiger partial charge in [-0.05, 0) is 55.3 Å². The van der Waals surface area contributed by atoms with Gasteiger partial charge in [0.05, 0.1) is 0 Å². The van der Waals surface area contributed by atoms with Crippen LogP contribution in [0.15, 0.2) is 41.8 Å². The molecule has 0 aromatic carbocycles. The van der Waals surface area contributed by atoms with Gasteiger partial charge >= 0.3 is 0 Å². The third-order valence-electron chi connectivity index (χ3n) is 3.77. The van der Waals surface area contributed by atoms with Crippen molar-refractivity contribution in [3.63, 3.8) is 0 Å². The van der Waals surface area contributed by atoms with Gasteiger partial charge in [0.15, 0.2) is 0 Å². The Labute approximate surface area is 143 Å². The Morgan fingerprint density at radius 2 is 2.05 bits per heavy atom. The summed E-state index contributed by atoms with van der Waals surface area (Å²) >= 11 is 3.78. The quantitative estimate of drug-likeness (QED) is 0.345. The van der Waals surface area contributed by atoms with Crippen LogP contribution in [-0.4, -0.2) is 0 Å². The van der Waals surface area contributed by atoms with Crippen molar-refractivity contribution in [1.29, 1.82) is 0 Å². The summed E-state index contributed by atoms with van der Waals surface area (Å²) in [5.74, 6) is 0. The van der Waals surface area contributed by atoms with Gasteiger partial charge in [0.25, 0.3) is 0 Å². The molecule has 2 aromatic rings. The monoisotopic (exact) mass is 330 g/mol. The van der Waals surface area contributed by atoms with Crippen molar-refractivity contribution in [2.75, 3.05) is 0 Å². The van der Waals surface area contributed by atoms with E-state index in [0.29, 0.717) is 0 Å². The van der Waals surface area contributed by atoms with Crippen molar-refractivity contribution in [3.8, 4) is 9.75 Å². The lowest BCUT2D eigenvalue weighted by Gasteiger charge is -2.03. The van der Waals surface area contributed by atoms with Gasteiger partial charge in [-0.1, -0.05) is 50.5 Å². The predicted molar refractivity (Wildman–Crippen MR) is 104 cm³/mol. The molecule has 0 aliphatic rings. The second-order valence-corrected chi connectivity index (χ2v) is 7.63. The molecule has 0 spiro atoms. The molecule has 2 rings (SSSR count). The first-order chi connectivity index (χ1) is 10.8. The van der Waals surface area contributed by atoms with Crippen molar-refractivity contribution >= 4 is 28.2 Å². The van der Waals surface area contributed by atoms with E-state index in [1.807, 2.05) is 22.7 Å². The summed E-state index contributed by atoms with van der Waals surface area (Å²) < 4.78 is 0. The second-order valence-electron chi connectivity index (χ2n) is 5.63. The van der Waals surface area contributed by atoms with Crippen LogP contribution in [0, 0.1) is 0 Å². The SMILES string of the molecule is C/C=C\C=C(/C)c1sc(-c2cccs2)cc1CCCCCC. The first-order valence-electron chi connectivity index (χ1n) is 8.22. The maximum absolute atomic E-state index is 2.42. The van der Waals surface area contributed by atoms with E-state index in [1.54, 1.807) is 0 Å². The third-order valence-corrected chi connectivity index (χ3v) is 6.15. The highest BCUT2D eigenvalue weighted by molar-refractivity contribution is 7.22. The van der Waals surface area contributed by atoms with Crippen LogP contribution >= 0.6 is 22.7 Å². The highest BCUT2D eigenvalue weighted by Crippen LogP contribution is 2.38. The maximum Gasteiger partial charge on any atom is 0.0451 e. The average molecular weight is 331 g/mol. The molecule has 0 nitrogen and oxygen atoms in total. The number of hydrogen-bond acceptors (Lipinski definition) is 2. The van der Waals surface area contributed by atoms with Gasteiger partial charge in [-0.2, -0.15) is 0 Å². The van der Waals surface area contributed by atoms with E-state index in [4.69, 9.17) is 0 Å². The molecule has 0 amide bonds. The molecule has 0 N–H and O–H groups in total. The van der Waals surface area contributed by atoms with Crippen molar-refractivity contribution in [2.24, 2.45) is 0 Å². The molecule has 2 aromatic heterocycles. The summed E-state index contributed by atoms with van der Waals surface area (Å²) in [6.07, 6.45) is 13.0. The Balaban J connectivity index is 2.24. The number of hydrogen-bond donors (Lipinski definition) is 0. The van der Waals surface area contributed by atoms with Gasteiger partial charge in [0, 0.05) is 14.6 Å². The molecule has 2 heterocycles. The van der Waals surface area contributed by atoms with Crippen LogP contribution in [0.4, 0.5) is 0 Å².